The number of phosphoric ester groups is 2. The Morgan fingerprint density at radius 3 is 0.863 bits per heavy atom. The fourth-order valence-electron chi connectivity index (χ4n) is 11.1. The Kier molecular flexibility index (Phi) is 65.6. The van der Waals surface area contributed by atoms with Crippen LogP contribution in [0.25, 0.3) is 0 Å². The molecular weight excluding hydrogens is 1250 g/mol. The second kappa shape index (κ2) is 67.4. The second-order valence-electron chi connectivity index (χ2n) is 27.7. The largest absolute Gasteiger partial charge is 0.472 e. The average Bonchev–Trinajstić information content (AvgIpc) is 1.40. The number of carbonyl (C=O) groups excluding carboxylic acids is 4. The van der Waals surface area contributed by atoms with Crippen LogP contribution in [-0.4, -0.2) is 96.7 Å². The van der Waals surface area contributed by atoms with E-state index in [9.17, 15) is 43.2 Å². The van der Waals surface area contributed by atoms with Gasteiger partial charge >= 0.3 is 39.5 Å². The SMILES string of the molecule is CCCCCC/C=C\C=C/CCCCCCCC(=O)OC[C@H](COP(=O)(O)OC[C@@H](O)COP(=O)(O)OC[C@@H](COC(=O)CCCCCCCCCCC(C)C)OC(=O)CCCCCCCCCCC(C)C)OC(=O)CCCCCCCCCCCCCCCCCCCC. The molecule has 0 rings (SSSR count). The molecule has 0 aliphatic rings. The summed E-state index contributed by atoms with van der Waals surface area (Å²) >= 11 is 0. The third kappa shape index (κ3) is 69.8. The number of hydrogen-bond donors (Lipinski definition) is 3. The summed E-state index contributed by atoms with van der Waals surface area (Å²) < 4.78 is 68.5. The average molecular weight is 1390 g/mol. The molecule has 19 heteroatoms. The van der Waals surface area contributed by atoms with E-state index in [1.54, 1.807) is 0 Å². The van der Waals surface area contributed by atoms with Gasteiger partial charge in [-0.05, 0) is 63.2 Å². The van der Waals surface area contributed by atoms with Gasteiger partial charge in [-0.3, -0.25) is 37.3 Å². The van der Waals surface area contributed by atoms with Crippen molar-refractivity contribution in [3.63, 3.8) is 0 Å². The van der Waals surface area contributed by atoms with Gasteiger partial charge in [0.15, 0.2) is 12.2 Å². The van der Waals surface area contributed by atoms with E-state index < -0.39 is 97.5 Å². The Bertz CT molecular complexity index is 1930. The molecule has 0 heterocycles. The number of esters is 4. The summed E-state index contributed by atoms with van der Waals surface area (Å²) in [7, 11) is -9.92. The predicted octanol–water partition coefficient (Wildman–Crippen LogP) is 21.9. The van der Waals surface area contributed by atoms with Gasteiger partial charge < -0.3 is 33.8 Å². The van der Waals surface area contributed by atoms with Gasteiger partial charge in [0.25, 0.3) is 0 Å². The summed E-state index contributed by atoms with van der Waals surface area (Å²) in [6.07, 6.45) is 57.8. The van der Waals surface area contributed by atoms with Crippen molar-refractivity contribution in [2.24, 2.45) is 11.8 Å². The van der Waals surface area contributed by atoms with Gasteiger partial charge in [-0.2, -0.15) is 0 Å². The lowest BCUT2D eigenvalue weighted by Gasteiger charge is -2.21. The molecule has 0 fully saturated rings. The molecule has 3 N–H and O–H groups in total. The van der Waals surface area contributed by atoms with Crippen LogP contribution in [0.4, 0.5) is 0 Å². The molecule has 5 atom stereocenters. The van der Waals surface area contributed by atoms with Crippen LogP contribution in [0.3, 0.4) is 0 Å². The zero-order valence-electron chi connectivity index (χ0n) is 61.5. The highest BCUT2D eigenvalue weighted by atomic mass is 31.2. The Morgan fingerprint density at radius 2 is 0.568 bits per heavy atom. The lowest BCUT2D eigenvalue weighted by atomic mass is 10.0. The highest BCUT2D eigenvalue weighted by molar-refractivity contribution is 7.47. The number of aliphatic hydroxyl groups excluding tert-OH is 1. The number of carbonyl (C=O) groups is 4. The number of ether oxygens (including phenoxy) is 4. The number of phosphoric acid groups is 2. The van der Waals surface area contributed by atoms with Gasteiger partial charge in [0, 0.05) is 25.7 Å². The molecule has 0 bridgehead atoms. The summed E-state index contributed by atoms with van der Waals surface area (Å²) in [6.45, 7) is 9.45. The Hall–Kier alpha value is -2.46. The van der Waals surface area contributed by atoms with Crippen molar-refractivity contribution in [2.75, 3.05) is 39.6 Å². The number of rotatable bonds is 73. The lowest BCUT2D eigenvalue weighted by Crippen LogP contribution is -2.30. The number of allylic oxidation sites excluding steroid dienone is 4. The molecular formula is C76H144O17P2. The van der Waals surface area contributed by atoms with Crippen LogP contribution >= 0.6 is 15.6 Å². The normalized spacial score (nSPS) is 14.2. The van der Waals surface area contributed by atoms with Crippen LogP contribution < -0.4 is 0 Å². The van der Waals surface area contributed by atoms with Crippen LogP contribution in [-0.2, 0) is 65.4 Å². The fourth-order valence-corrected chi connectivity index (χ4v) is 12.7. The highest BCUT2D eigenvalue weighted by Crippen LogP contribution is 2.45. The first-order chi connectivity index (χ1) is 45.9. The van der Waals surface area contributed by atoms with Crippen LogP contribution in [0.5, 0.6) is 0 Å². The summed E-state index contributed by atoms with van der Waals surface area (Å²) in [5, 5.41) is 10.6. The minimum Gasteiger partial charge on any atom is -0.462 e. The first-order valence-corrected chi connectivity index (χ1v) is 41.8. The van der Waals surface area contributed by atoms with E-state index in [0.29, 0.717) is 31.6 Å². The molecule has 560 valence electrons. The van der Waals surface area contributed by atoms with Crippen molar-refractivity contribution in [3.8, 4) is 0 Å². The molecule has 0 radical (unpaired) electrons. The van der Waals surface area contributed by atoms with Gasteiger partial charge in [-0.15, -0.1) is 0 Å². The smallest absolute Gasteiger partial charge is 0.462 e. The van der Waals surface area contributed by atoms with Gasteiger partial charge in [0.1, 0.15) is 19.3 Å². The topological polar surface area (TPSA) is 237 Å². The quantitative estimate of drug-likeness (QED) is 0.0169. The van der Waals surface area contributed by atoms with E-state index in [-0.39, 0.29) is 25.7 Å². The van der Waals surface area contributed by atoms with E-state index in [1.165, 1.54) is 167 Å². The number of unbranched alkanes of at least 4 members (excludes halogenated alkanes) is 40. The molecule has 0 saturated heterocycles. The third-order valence-electron chi connectivity index (χ3n) is 17.1. The minimum atomic E-state index is -4.96. The summed E-state index contributed by atoms with van der Waals surface area (Å²) in [6, 6.07) is 0. The summed E-state index contributed by atoms with van der Waals surface area (Å²) in [4.78, 5) is 72.8. The maximum Gasteiger partial charge on any atom is 0.472 e. The van der Waals surface area contributed by atoms with Gasteiger partial charge in [0.05, 0.1) is 26.4 Å². The van der Waals surface area contributed by atoms with Crippen molar-refractivity contribution in [1.29, 1.82) is 0 Å². The third-order valence-corrected chi connectivity index (χ3v) is 19.0. The molecule has 0 saturated carbocycles. The van der Waals surface area contributed by atoms with E-state index >= 15 is 0 Å². The molecule has 0 amide bonds. The molecule has 0 aromatic carbocycles. The van der Waals surface area contributed by atoms with Crippen molar-refractivity contribution >= 4 is 39.5 Å². The Labute approximate surface area is 580 Å². The monoisotopic (exact) mass is 1390 g/mol. The van der Waals surface area contributed by atoms with Gasteiger partial charge in [-0.1, -0.05) is 316 Å². The first-order valence-electron chi connectivity index (χ1n) is 38.8. The Balaban J connectivity index is 5.27. The van der Waals surface area contributed by atoms with Crippen LogP contribution in [0, 0.1) is 11.8 Å². The predicted molar refractivity (Wildman–Crippen MR) is 386 cm³/mol. The highest BCUT2D eigenvalue weighted by Gasteiger charge is 2.30. The van der Waals surface area contributed by atoms with Crippen molar-refractivity contribution < 1.29 is 80.2 Å². The van der Waals surface area contributed by atoms with Crippen molar-refractivity contribution in [2.45, 2.75) is 387 Å². The number of aliphatic hydroxyl groups is 1. The minimum absolute atomic E-state index is 0.101. The second-order valence-corrected chi connectivity index (χ2v) is 30.6. The molecule has 0 aromatic heterocycles. The maximum atomic E-state index is 13.1. The van der Waals surface area contributed by atoms with E-state index in [1.807, 2.05) is 0 Å². The van der Waals surface area contributed by atoms with E-state index in [2.05, 4.69) is 65.8 Å². The molecule has 0 aliphatic heterocycles. The molecule has 17 nitrogen and oxygen atoms in total. The van der Waals surface area contributed by atoms with Crippen LogP contribution in [0.1, 0.15) is 369 Å². The van der Waals surface area contributed by atoms with E-state index in [4.69, 9.17) is 37.0 Å². The Morgan fingerprint density at radius 1 is 0.326 bits per heavy atom. The van der Waals surface area contributed by atoms with Crippen molar-refractivity contribution in [1.82, 2.24) is 0 Å². The molecule has 2 unspecified atom stereocenters. The van der Waals surface area contributed by atoms with Crippen LogP contribution in [0.15, 0.2) is 24.3 Å². The fraction of sp³-hybridized carbons (Fsp3) is 0.895. The maximum absolute atomic E-state index is 13.1. The van der Waals surface area contributed by atoms with Gasteiger partial charge in [0.2, 0.25) is 0 Å². The first kappa shape index (κ1) is 92.5. The standard InChI is InChI=1S/C76H144O17P2/c1-7-9-11-13-15-17-19-21-23-24-25-27-29-31-33-42-48-54-60-75(80)92-71(64-86-73(78)58-52-46-40-32-30-28-26-22-20-18-16-14-12-10-8-2)66-90-94(82,83)88-62-70(77)63-89-95(84,85)91-67-72(93-76(81)61-55-49-43-37-35-39-45-51-57-69(5)6)65-87-74(79)59-53-47-41-36-34-38-44-50-56-68(3)4/h18,20,22,26,68-72,77H,7-17,19,21,23-25,27-67H2,1-6H3,(H,82,83)(H,84,85)/b20-18-,26-22-/t70-,71-,72-/m1/s1. The molecule has 0 aliphatic carbocycles. The van der Waals surface area contributed by atoms with Crippen LogP contribution in [0.2, 0.25) is 0 Å². The summed E-state index contributed by atoms with van der Waals surface area (Å²) in [5.74, 6) is -0.707. The molecule has 0 aromatic rings. The number of hydrogen-bond acceptors (Lipinski definition) is 15. The zero-order valence-corrected chi connectivity index (χ0v) is 63.2. The summed E-state index contributed by atoms with van der Waals surface area (Å²) in [5.41, 5.74) is 0. The molecule has 95 heavy (non-hydrogen) atoms. The van der Waals surface area contributed by atoms with Crippen molar-refractivity contribution in [3.05, 3.63) is 24.3 Å². The zero-order chi connectivity index (χ0) is 70.0. The van der Waals surface area contributed by atoms with E-state index in [0.717, 1.165) is 115 Å². The lowest BCUT2D eigenvalue weighted by molar-refractivity contribution is -0.161. The van der Waals surface area contributed by atoms with Gasteiger partial charge in [-0.25, -0.2) is 9.13 Å². The molecule has 0 spiro atoms.